The molecule has 0 aromatic heterocycles. The Kier molecular flexibility index (Phi) is 6.59. The van der Waals surface area contributed by atoms with Gasteiger partial charge in [-0.15, -0.1) is 0 Å². The van der Waals surface area contributed by atoms with E-state index in [0.717, 1.165) is 31.7 Å². The first kappa shape index (κ1) is 20.6. The predicted molar refractivity (Wildman–Crippen MR) is 98.3 cm³/mol. The molecule has 0 radical (unpaired) electrons. The minimum absolute atomic E-state index is 0.0233. The summed E-state index contributed by atoms with van der Waals surface area (Å²) < 4.78 is 39.9. The average molecular weight is 397 g/mol. The Balaban J connectivity index is 1.69. The van der Waals surface area contributed by atoms with Crippen molar-refractivity contribution in [1.82, 2.24) is 15.5 Å². The van der Waals surface area contributed by atoms with E-state index in [2.05, 4.69) is 10.6 Å². The number of hydrogen-bond donors (Lipinski definition) is 2. The van der Waals surface area contributed by atoms with Crippen molar-refractivity contribution >= 4 is 11.8 Å². The lowest BCUT2D eigenvalue weighted by Crippen LogP contribution is -2.56. The van der Waals surface area contributed by atoms with Crippen molar-refractivity contribution in [3.8, 4) is 0 Å². The molecule has 1 saturated heterocycles. The van der Waals surface area contributed by atoms with Crippen molar-refractivity contribution in [2.75, 3.05) is 13.1 Å². The minimum atomic E-state index is -4.46. The highest BCUT2D eigenvalue weighted by Crippen LogP contribution is 2.32. The Morgan fingerprint density at radius 3 is 2.61 bits per heavy atom. The molecule has 0 bridgehead atoms. The van der Waals surface area contributed by atoms with Gasteiger partial charge < -0.3 is 10.6 Å². The summed E-state index contributed by atoms with van der Waals surface area (Å²) in [4.78, 5) is 26.5. The molecule has 1 atom stereocenters. The van der Waals surface area contributed by atoms with E-state index in [-0.39, 0.29) is 36.4 Å². The second-order valence-corrected chi connectivity index (χ2v) is 7.54. The number of benzene rings is 1. The maximum Gasteiger partial charge on any atom is 0.416 e. The molecule has 154 valence electrons. The van der Waals surface area contributed by atoms with Crippen LogP contribution in [0.25, 0.3) is 0 Å². The highest BCUT2D eigenvalue weighted by atomic mass is 19.4. The molecule has 1 heterocycles. The van der Waals surface area contributed by atoms with E-state index < -0.39 is 17.8 Å². The average Bonchev–Trinajstić information content (AvgIpc) is 2.65. The largest absolute Gasteiger partial charge is 0.416 e. The van der Waals surface area contributed by atoms with Crippen LogP contribution in [-0.4, -0.2) is 41.9 Å². The van der Waals surface area contributed by atoms with Gasteiger partial charge in [-0.05, 0) is 24.5 Å². The van der Waals surface area contributed by atoms with Crippen LogP contribution in [0.5, 0.6) is 0 Å². The van der Waals surface area contributed by atoms with Crippen LogP contribution in [0.1, 0.15) is 49.7 Å². The summed E-state index contributed by atoms with van der Waals surface area (Å²) in [5.41, 5.74) is -0.589. The van der Waals surface area contributed by atoms with Crippen LogP contribution in [0.2, 0.25) is 0 Å². The van der Waals surface area contributed by atoms with E-state index in [4.69, 9.17) is 0 Å². The molecular weight excluding hydrogens is 371 g/mol. The molecule has 2 amide bonds. The van der Waals surface area contributed by atoms with Crippen molar-refractivity contribution in [1.29, 1.82) is 0 Å². The molecule has 1 aliphatic carbocycles. The van der Waals surface area contributed by atoms with Crippen LogP contribution in [0.15, 0.2) is 24.3 Å². The zero-order valence-electron chi connectivity index (χ0n) is 15.7. The number of hydrogen-bond acceptors (Lipinski definition) is 3. The summed E-state index contributed by atoms with van der Waals surface area (Å²) in [6.07, 6.45) is 0.698. The second kappa shape index (κ2) is 8.94. The fourth-order valence-electron chi connectivity index (χ4n) is 4.04. The molecule has 5 nitrogen and oxygen atoms in total. The third kappa shape index (κ3) is 5.25. The van der Waals surface area contributed by atoms with Gasteiger partial charge in [0.15, 0.2) is 0 Å². The molecule has 1 saturated carbocycles. The third-order valence-electron chi connectivity index (χ3n) is 5.49. The lowest BCUT2D eigenvalue weighted by molar-refractivity contribution is -0.139. The van der Waals surface area contributed by atoms with Crippen LogP contribution >= 0.6 is 0 Å². The highest BCUT2D eigenvalue weighted by molar-refractivity contribution is 5.88. The van der Waals surface area contributed by atoms with Crippen LogP contribution < -0.4 is 10.6 Å². The molecular formula is C20H26F3N3O2. The number of rotatable bonds is 5. The third-order valence-corrected chi connectivity index (χ3v) is 5.49. The van der Waals surface area contributed by atoms with Gasteiger partial charge in [0.25, 0.3) is 0 Å². The number of piperazine rings is 1. The molecule has 2 aliphatic rings. The van der Waals surface area contributed by atoms with E-state index in [1.54, 1.807) is 11.0 Å². The Hall–Kier alpha value is -2.09. The zero-order chi connectivity index (χ0) is 20.1. The molecule has 2 N–H and O–H groups in total. The summed E-state index contributed by atoms with van der Waals surface area (Å²) in [5.74, 6) is -0.530. The number of amides is 2. The smallest absolute Gasteiger partial charge is 0.353 e. The topological polar surface area (TPSA) is 61.4 Å². The standard InChI is InChI=1S/C20H26F3N3O2/c21-20(22,23)16-9-5-4-6-14(16)13-26-11-10-24-19(28)17(26)12-18(27)25-15-7-2-1-3-8-15/h4-6,9,15,17H,1-3,7-8,10-13H2,(H,24,28)(H,25,27)/t17-/m1/s1. The molecule has 1 aromatic carbocycles. The van der Waals surface area contributed by atoms with Gasteiger partial charge in [0.05, 0.1) is 18.0 Å². The fourth-order valence-corrected chi connectivity index (χ4v) is 4.04. The lowest BCUT2D eigenvalue weighted by Gasteiger charge is -2.35. The summed E-state index contributed by atoms with van der Waals surface area (Å²) >= 11 is 0. The summed E-state index contributed by atoms with van der Waals surface area (Å²) in [6, 6.07) is 4.74. The molecule has 0 unspecified atom stereocenters. The molecule has 3 rings (SSSR count). The number of nitrogens with zero attached hydrogens (tertiary/aromatic N) is 1. The number of carbonyl (C=O) groups is 2. The normalized spacial score (nSPS) is 22.0. The van der Waals surface area contributed by atoms with Crippen molar-refractivity contribution < 1.29 is 22.8 Å². The van der Waals surface area contributed by atoms with Gasteiger partial charge in [-0.2, -0.15) is 13.2 Å². The van der Waals surface area contributed by atoms with Gasteiger partial charge in [-0.1, -0.05) is 37.5 Å². The Bertz CT molecular complexity index is 702. The minimum Gasteiger partial charge on any atom is -0.353 e. The maximum atomic E-state index is 13.3. The van der Waals surface area contributed by atoms with Crippen molar-refractivity contribution in [3.05, 3.63) is 35.4 Å². The van der Waals surface area contributed by atoms with Gasteiger partial charge in [-0.3, -0.25) is 14.5 Å². The van der Waals surface area contributed by atoms with E-state index in [1.807, 2.05) is 0 Å². The molecule has 8 heteroatoms. The van der Waals surface area contributed by atoms with E-state index in [9.17, 15) is 22.8 Å². The molecule has 0 spiro atoms. The maximum absolute atomic E-state index is 13.3. The van der Waals surface area contributed by atoms with Crippen molar-refractivity contribution in [2.24, 2.45) is 0 Å². The van der Waals surface area contributed by atoms with E-state index in [0.29, 0.717) is 13.1 Å². The number of nitrogens with one attached hydrogen (secondary N) is 2. The SMILES string of the molecule is O=C(C[C@@H]1C(=O)NCCN1Cc1ccccc1C(F)(F)F)NC1CCCCC1. The van der Waals surface area contributed by atoms with Gasteiger partial charge in [0, 0.05) is 25.7 Å². The van der Waals surface area contributed by atoms with Crippen molar-refractivity contribution in [2.45, 2.75) is 63.3 Å². The van der Waals surface area contributed by atoms with Crippen molar-refractivity contribution in [3.63, 3.8) is 0 Å². The monoisotopic (exact) mass is 397 g/mol. The zero-order valence-corrected chi connectivity index (χ0v) is 15.7. The Labute approximate surface area is 162 Å². The second-order valence-electron chi connectivity index (χ2n) is 7.54. The summed E-state index contributed by atoms with van der Waals surface area (Å²) in [5, 5.41) is 5.70. The first-order valence-electron chi connectivity index (χ1n) is 9.81. The van der Waals surface area contributed by atoms with Crippen LogP contribution in [0.4, 0.5) is 13.2 Å². The molecule has 1 aromatic rings. The van der Waals surface area contributed by atoms with Gasteiger partial charge >= 0.3 is 6.18 Å². The van der Waals surface area contributed by atoms with E-state index >= 15 is 0 Å². The number of carbonyl (C=O) groups excluding carboxylic acids is 2. The fraction of sp³-hybridized carbons (Fsp3) is 0.600. The molecule has 2 fully saturated rings. The van der Waals surface area contributed by atoms with Gasteiger partial charge in [0.1, 0.15) is 0 Å². The highest BCUT2D eigenvalue weighted by Gasteiger charge is 2.36. The molecule has 1 aliphatic heterocycles. The van der Waals surface area contributed by atoms with Crippen LogP contribution in [0.3, 0.4) is 0 Å². The quantitative estimate of drug-likeness (QED) is 0.803. The Morgan fingerprint density at radius 2 is 1.89 bits per heavy atom. The first-order valence-corrected chi connectivity index (χ1v) is 9.81. The van der Waals surface area contributed by atoms with Crippen LogP contribution in [0, 0.1) is 0 Å². The Morgan fingerprint density at radius 1 is 1.18 bits per heavy atom. The summed E-state index contributed by atoms with van der Waals surface area (Å²) in [7, 11) is 0. The number of halogens is 3. The first-order chi connectivity index (χ1) is 13.3. The van der Waals surface area contributed by atoms with E-state index in [1.165, 1.54) is 18.6 Å². The molecule has 28 heavy (non-hydrogen) atoms. The van der Waals surface area contributed by atoms with Gasteiger partial charge in [0.2, 0.25) is 11.8 Å². The predicted octanol–water partition coefficient (Wildman–Crippen LogP) is 2.84. The van der Waals surface area contributed by atoms with Crippen LogP contribution in [-0.2, 0) is 22.3 Å². The number of alkyl halides is 3. The lowest BCUT2D eigenvalue weighted by atomic mass is 9.95. The summed E-state index contributed by atoms with van der Waals surface area (Å²) in [6.45, 7) is 0.734. The van der Waals surface area contributed by atoms with Gasteiger partial charge in [-0.25, -0.2) is 0 Å².